The number of nitro groups is 1. The molecular weight excluding hydrogens is 284 g/mol. The fourth-order valence-electron chi connectivity index (χ4n) is 2.39. The fourth-order valence-corrected chi connectivity index (χ4v) is 2.39. The van der Waals surface area contributed by atoms with Gasteiger partial charge in [0.05, 0.1) is 11.5 Å². The highest BCUT2D eigenvalue weighted by Crippen LogP contribution is 2.27. The lowest BCUT2D eigenvalue weighted by Gasteiger charge is -2.11. The number of hydrogen-bond acceptors (Lipinski definition) is 5. The molecule has 0 saturated heterocycles. The van der Waals surface area contributed by atoms with Crippen LogP contribution >= 0.6 is 0 Å². The van der Waals surface area contributed by atoms with Crippen LogP contribution in [0.3, 0.4) is 0 Å². The lowest BCUT2D eigenvalue weighted by molar-refractivity contribution is -0.384. The van der Waals surface area contributed by atoms with E-state index in [0.717, 1.165) is 11.3 Å². The van der Waals surface area contributed by atoms with Crippen LogP contribution in [0.1, 0.15) is 18.2 Å². The molecule has 1 aromatic carbocycles. The van der Waals surface area contributed by atoms with Crippen LogP contribution in [0.2, 0.25) is 0 Å². The highest BCUT2D eigenvalue weighted by atomic mass is 16.6. The van der Waals surface area contributed by atoms with E-state index < -0.39 is 4.92 Å². The second-order valence-electron chi connectivity index (χ2n) is 4.88. The van der Waals surface area contributed by atoms with Gasteiger partial charge in [0.1, 0.15) is 11.4 Å². The number of hydrogen-bond donors (Lipinski definition) is 1. The van der Waals surface area contributed by atoms with Gasteiger partial charge in [-0.1, -0.05) is 18.2 Å². The molecule has 0 aliphatic rings. The van der Waals surface area contributed by atoms with Crippen LogP contribution in [-0.4, -0.2) is 27.9 Å². The van der Waals surface area contributed by atoms with Crippen LogP contribution in [0.15, 0.2) is 24.3 Å². The number of benzene rings is 1. The Morgan fingerprint density at radius 2 is 2.14 bits per heavy atom. The lowest BCUT2D eigenvalue weighted by Crippen LogP contribution is -2.10. The first kappa shape index (κ1) is 15.8. The zero-order valence-electron chi connectivity index (χ0n) is 13.0. The van der Waals surface area contributed by atoms with E-state index in [1.54, 1.807) is 14.0 Å². The van der Waals surface area contributed by atoms with Crippen molar-refractivity contribution in [3.05, 3.63) is 45.6 Å². The maximum atomic E-state index is 11.1. The first-order chi connectivity index (χ1) is 10.5. The molecule has 1 N–H and O–H groups in total. The summed E-state index contributed by atoms with van der Waals surface area (Å²) in [5.74, 6) is 1.28. The van der Waals surface area contributed by atoms with Crippen molar-refractivity contribution >= 4 is 11.5 Å². The second kappa shape index (κ2) is 6.93. The first-order valence-corrected chi connectivity index (χ1v) is 7.17. The molecule has 2 rings (SSSR count). The van der Waals surface area contributed by atoms with Crippen molar-refractivity contribution in [3.8, 4) is 5.75 Å². The number of nitrogens with zero attached hydrogens (tertiary/aromatic N) is 3. The minimum Gasteiger partial charge on any atom is -0.494 e. The summed E-state index contributed by atoms with van der Waals surface area (Å²) in [5, 5.41) is 18.3. The summed E-state index contributed by atoms with van der Waals surface area (Å²) in [5.41, 5.74) is 1.50. The number of anilines is 1. The Kier molecular flexibility index (Phi) is 4.98. The van der Waals surface area contributed by atoms with E-state index in [-0.39, 0.29) is 5.69 Å². The Labute approximate surface area is 129 Å². The van der Waals surface area contributed by atoms with Gasteiger partial charge in [-0.2, -0.15) is 5.10 Å². The third-order valence-corrected chi connectivity index (χ3v) is 3.33. The van der Waals surface area contributed by atoms with Crippen LogP contribution in [0.5, 0.6) is 5.75 Å². The zero-order valence-corrected chi connectivity index (χ0v) is 13.0. The molecule has 7 nitrogen and oxygen atoms in total. The third kappa shape index (κ3) is 3.36. The van der Waals surface area contributed by atoms with Crippen molar-refractivity contribution in [2.75, 3.05) is 18.5 Å². The molecule has 0 atom stereocenters. The van der Waals surface area contributed by atoms with E-state index in [1.807, 2.05) is 31.2 Å². The largest absolute Gasteiger partial charge is 0.494 e. The van der Waals surface area contributed by atoms with Gasteiger partial charge in [0.15, 0.2) is 0 Å². The van der Waals surface area contributed by atoms with Gasteiger partial charge in [0.25, 0.3) is 0 Å². The smallest absolute Gasteiger partial charge is 0.333 e. The molecular formula is C15H20N4O3. The molecule has 0 spiro atoms. The van der Waals surface area contributed by atoms with Crippen molar-refractivity contribution in [2.24, 2.45) is 7.05 Å². The topological polar surface area (TPSA) is 82.2 Å². The molecule has 1 aromatic heterocycles. The van der Waals surface area contributed by atoms with E-state index >= 15 is 0 Å². The number of nitrogens with one attached hydrogen (secondary N) is 1. The highest BCUT2D eigenvalue weighted by Gasteiger charge is 2.23. The average molecular weight is 304 g/mol. The third-order valence-electron chi connectivity index (χ3n) is 3.33. The molecule has 1 heterocycles. The van der Waals surface area contributed by atoms with E-state index in [4.69, 9.17) is 4.74 Å². The highest BCUT2D eigenvalue weighted by molar-refractivity contribution is 5.59. The molecule has 0 saturated carbocycles. The molecule has 22 heavy (non-hydrogen) atoms. The predicted octanol–water partition coefficient (Wildman–Crippen LogP) is 2.69. The van der Waals surface area contributed by atoms with Crippen LogP contribution in [0, 0.1) is 17.0 Å². The summed E-state index contributed by atoms with van der Waals surface area (Å²) in [6.45, 7) is 4.74. The summed E-state index contributed by atoms with van der Waals surface area (Å²) >= 11 is 0. The number of aryl methyl sites for hydroxylation is 2. The molecule has 7 heteroatoms. The maximum absolute atomic E-state index is 11.1. The zero-order chi connectivity index (χ0) is 16.1. The molecule has 0 aliphatic carbocycles. The molecule has 0 amide bonds. The van der Waals surface area contributed by atoms with Gasteiger partial charge < -0.3 is 10.1 Å². The molecule has 2 aromatic rings. The Balaban J connectivity index is 2.08. The summed E-state index contributed by atoms with van der Waals surface area (Å²) in [4.78, 5) is 10.7. The van der Waals surface area contributed by atoms with Gasteiger partial charge in [-0.25, -0.2) is 4.68 Å². The van der Waals surface area contributed by atoms with Gasteiger partial charge in [-0.15, -0.1) is 0 Å². The summed E-state index contributed by atoms with van der Waals surface area (Å²) < 4.78 is 7.08. The monoisotopic (exact) mass is 304 g/mol. The first-order valence-electron chi connectivity index (χ1n) is 7.17. The molecule has 118 valence electrons. The molecule has 0 fully saturated rings. The SMILES string of the molecule is CCOc1ccccc1CCNc1c([N+](=O)[O-])c(C)nn1C. The lowest BCUT2D eigenvalue weighted by atomic mass is 10.1. The van der Waals surface area contributed by atoms with Gasteiger partial charge in [-0.3, -0.25) is 10.1 Å². The van der Waals surface area contributed by atoms with E-state index in [0.29, 0.717) is 31.1 Å². The van der Waals surface area contributed by atoms with Crippen LogP contribution in [0.25, 0.3) is 0 Å². The number of ether oxygens (including phenoxy) is 1. The standard InChI is InChI=1S/C15H20N4O3/c1-4-22-13-8-6-5-7-12(13)9-10-16-15-14(19(20)21)11(2)17-18(15)3/h5-8,16H,4,9-10H2,1-3H3. The van der Waals surface area contributed by atoms with Crippen LogP contribution < -0.4 is 10.1 Å². The molecule has 0 aliphatic heterocycles. The summed E-state index contributed by atoms with van der Waals surface area (Å²) in [6, 6.07) is 7.80. The van der Waals surface area contributed by atoms with E-state index in [1.165, 1.54) is 4.68 Å². The van der Waals surface area contributed by atoms with Crippen molar-refractivity contribution in [1.29, 1.82) is 0 Å². The van der Waals surface area contributed by atoms with Crippen molar-refractivity contribution in [3.63, 3.8) is 0 Å². The van der Waals surface area contributed by atoms with Gasteiger partial charge in [-0.05, 0) is 31.9 Å². The molecule has 0 radical (unpaired) electrons. The van der Waals surface area contributed by atoms with E-state index in [2.05, 4.69) is 10.4 Å². The molecule has 0 unspecified atom stereocenters. The minimum atomic E-state index is -0.404. The average Bonchev–Trinajstić information content (AvgIpc) is 2.75. The minimum absolute atomic E-state index is 0.0283. The quantitative estimate of drug-likeness (QED) is 0.628. The van der Waals surface area contributed by atoms with Crippen molar-refractivity contribution in [2.45, 2.75) is 20.3 Å². The van der Waals surface area contributed by atoms with Gasteiger partial charge in [0, 0.05) is 13.6 Å². The summed E-state index contributed by atoms with van der Waals surface area (Å²) in [6.07, 6.45) is 0.706. The second-order valence-corrected chi connectivity index (χ2v) is 4.88. The van der Waals surface area contributed by atoms with E-state index in [9.17, 15) is 10.1 Å². The van der Waals surface area contributed by atoms with Crippen LogP contribution in [0.4, 0.5) is 11.5 Å². The normalized spacial score (nSPS) is 10.5. The van der Waals surface area contributed by atoms with Crippen molar-refractivity contribution in [1.82, 2.24) is 9.78 Å². The fraction of sp³-hybridized carbons (Fsp3) is 0.400. The summed E-state index contributed by atoms with van der Waals surface area (Å²) in [7, 11) is 1.69. The Morgan fingerprint density at radius 1 is 1.41 bits per heavy atom. The Morgan fingerprint density at radius 3 is 2.82 bits per heavy atom. The van der Waals surface area contributed by atoms with Crippen LogP contribution in [-0.2, 0) is 13.5 Å². The number of rotatable bonds is 7. The van der Waals surface area contributed by atoms with Gasteiger partial charge in [0.2, 0.25) is 5.82 Å². The molecule has 0 bridgehead atoms. The number of para-hydroxylation sites is 1. The Hall–Kier alpha value is -2.57. The maximum Gasteiger partial charge on any atom is 0.333 e. The Bertz CT molecular complexity index is 667. The predicted molar refractivity (Wildman–Crippen MR) is 84.4 cm³/mol. The number of aromatic nitrogens is 2. The van der Waals surface area contributed by atoms with Crippen molar-refractivity contribution < 1.29 is 9.66 Å². The van der Waals surface area contributed by atoms with Gasteiger partial charge >= 0.3 is 5.69 Å².